The maximum absolute atomic E-state index is 13.8. The van der Waals surface area contributed by atoms with Crippen LogP contribution in [0.15, 0.2) is 18.2 Å². The average molecular weight is 264 g/mol. The van der Waals surface area contributed by atoms with Crippen LogP contribution in [0, 0.1) is 11.7 Å². The van der Waals surface area contributed by atoms with E-state index in [0.29, 0.717) is 18.0 Å². The second-order valence-electron chi connectivity index (χ2n) is 5.11. The predicted molar refractivity (Wildman–Crippen MR) is 69.8 cm³/mol. The Balaban J connectivity index is 1.92. The van der Waals surface area contributed by atoms with Gasteiger partial charge in [-0.1, -0.05) is 0 Å². The average Bonchev–Trinajstić information content (AvgIpc) is 2.74. The van der Waals surface area contributed by atoms with Gasteiger partial charge in [0, 0.05) is 36.7 Å². The van der Waals surface area contributed by atoms with E-state index in [1.54, 1.807) is 17.0 Å². The normalized spacial score (nSPS) is 26.4. The highest BCUT2D eigenvalue weighted by Gasteiger charge is 2.41. The summed E-state index contributed by atoms with van der Waals surface area (Å²) < 4.78 is 18.7. The van der Waals surface area contributed by atoms with Crippen LogP contribution in [0.25, 0.3) is 0 Å². The molecule has 2 atom stereocenters. The fraction of sp³-hybridized carbons (Fsp3) is 0.500. The van der Waals surface area contributed by atoms with Crippen LogP contribution in [0.3, 0.4) is 0 Å². The summed E-state index contributed by atoms with van der Waals surface area (Å²) in [5.74, 6) is 0.206. The van der Waals surface area contributed by atoms with Crippen molar-refractivity contribution in [2.75, 3.05) is 25.1 Å². The standard InChI is InChI=1S/C14H17FN2O2/c1-19-13-3-2-10(7-11(13)15)17-12-4-5-16-8-9(12)6-14(17)18/h2-3,7,9,12,16H,4-6,8H2,1H3. The van der Waals surface area contributed by atoms with E-state index < -0.39 is 5.82 Å². The molecule has 4 nitrogen and oxygen atoms in total. The first-order valence-electron chi connectivity index (χ1n) is 6.57. The first kappa shape index (κ1) is 12.4. The molecule has 5 heteroatoms. The number of methoxy groups -OCH3 is 1. The van der Waals surface area contributed by atoms with Crippen molar-refractivity contribution < 1.29 is 13.9 Å². The van der Waals surface area contributed by atoms with Crippen molar-refractivity contribution in [1.82, 2.24) is 5.32 Å². The van der Waals surface area contributed by atoms with Crippen molar-refractivity contribution in [2.24, 2.45) is 5.92 Å². The van der Waals surface area contributed by atoms with E-state index in [4.69, 9.17) is 4.74 Å². The van der Waals surface area contributed by atoms with Crippen molar-refractivity contribution in [3.05, 3.63) is 24.0 Å². The third-order valence-corrected chi connectivity index (χ3v) is 4.02. The van der Waals surface area contributed by atoms with Crippen LogP contribution in [-0.2, 0) is 4.79 Å². The molecule has 2 fully saturated rings. The van der Waals surface area contributed by atoms with Gasteiger partial charge >= 0.3 is 0 Å². The molecule has 0 saturated carbocycles. The molecular formula is C14H17FN2O2. The Bertz CT molecular complexity index is 506. The molecule has 2 heterocycles. The molecule has 1 aromatic rings. The number of benzene rings is 1. The van der Waals surface area contributed by atoms with Gasteiger partial charge in [0.1, 0.15) is 0 Å². The molecule has 3 rings (SSSR count). The summed E-state index contributed by atoms with van der Waals surface area (Å²) in [4.78, 5) is 13.9. The van der Waals surface area contributed by atoms with Gasteiger partial charge in [-0.25, -0.2) is 4.39 Å². The van der Waals surface area contributed by atoms with Crippen LogP contribution in [0.5, 0.6) is 5.75 Å². The molecule has 2 aliphatic heterocycles. The maximum atomic E-state index is 13.8. The Morgan fingerprint density at radius 2 is 2.32 bits per heavy atom. The Hall–Kier alpha value is -1.62. The molecule has 1 aromatic carbocycles. The zero-order valence-corrected chi connectivity index (χ0v) is 10.9. The lowest BCUT2D eigenvalue weighted by atomic mass is 9.94. The van der Waals surface area contributed by atoms with Gasteiger partial charge in [-0.2, -0.15) is 0 Å². The van der Waals surface area contributed by atoms with E-state index in [2.05, 4.69) is 5.32 Å². The SMILES string of the molecule is COc1ccc(N2C(=O)CC3CNCCC32)cc1F. The molecular weight excluding hydrogens is 247 g/mol. The molecule has 0 radical (unpaired) electrons. The zero-order valence-electron chi connectivity index (χ0n) is 10.9. The largest absolute Gasteiger partial charge is 0.494 e. The number of anilines is 1. The lowest BCUT2D eigenvalue weighted by molar-refractivity contribution is -0.117. The Morgan fingerprint density at radius 3 is 3.05 bits per heavy atom. The summed E-state index contributed by atoms with van der Waals surface area (Å²) in [6.07, 6.45) is 1.47. The summed E-state index contributed by atoms with van der Waals surface area (Å²) in [6, 6.07) is 4.92. The fourth-order valence-electron chi connectivity index (χ4n) is 3.11. The highest BCUT2D eigenvalue weighted by molar-refractivity contribution is 5.96. The molecule has 0 bridgehead atoms. The minimum absolute atomic E-state index is 0.0864. The van der Waals surface area contributed by atoms with E-state index in [9.17, 15) is 9.18 Å². The van der Waals surface area contributed by atoms with Gasteiger partial charge in [-0.3, -0.25) is 4.79 Å². The Morgan fingerprint density at radius 1 is 1.47 bits per heavy atom. The smallest absolute Gasteiger partial charge is 0.227 e. The lowest BCUT2D eigenvalue weighted by Crippen LogP contribution is -2.44. The van der Waals surface area contributed by atoms with E-state index in [-0.39, 0.29) is 17.7 Å². The second kappa shape index (κ2) is 4.81. The maximum Gasteiger partial charge on any atom is 0.227 e. The number of ether oxygens (including phenoxy) is 1. The van der Waals surface area contributed by atoms with Crippen molar-refractivity contribution in [2.45, 2.75) is 18.9 Å². The molecule has 0 aliphatic carbocycles. The van der Waals surface area contributed by atoms with Gasteiger partial charge in [0.2, 0.25) is 5.91 Å². The van der Waals surface area contributed by atoms with Gasteiger partial charge in [-0.05, 0) is 25.1 Å². The summed E-state index contributed by atoms with van der Waals surface area (Å²) in [7, 11) is 1.43. The monoisotopic (exact) mass is 264 g/mol. The van der Waals surface area contributed by atoms with Crippen molar-refractivity contribution in [3.8, 4) is 5.75 Å². The first-order valence-corrected chi connectivity index (χ1v) is 6.57. The van der Waals surface area contributed by atoms with E-state index in [1.807, 2.05) is 0 Å². The second-order valence-corrected chi connectivity index (χ2v) is 5.11. The van der Waals surface area contributed by atoms with Gasteiger partial charge in [0.05, 0.1) is 7.11 Å². The number of halogens is 1. The number of hydrogen-bond acceptors (Lipinski definition) is 3. The number of hydrogen-bond donors (Lipinski definition) is 1. The van der Waals surface area contributed by atoms with E-state index >= 15 is 0 Å². The van der Waals surface area contributed by atoms with Gasteiger partial charge in [0.25, 0.3) is 0 Å². The van der Waals surface area contributed by atoms with Crippen LogP contribution in [0.2, 0.25) is 0 Å². The summed E-state index contributed by atoms with van der Waals surface area (Å²) in [6.45, 7) is 1.77. The minimum atomic E-state index is -0.426. The van der Waals surface area contributed by atoms with Gasteiger partial charge in [0.15, 0.2) is 11.6 Å². The number of nitrogens with one attached hydrogen (secondary N) is 1. The topological polar surface area (TPSA) is 41.6 Å². The molecule has 102 valence electrons. The molecule has 1 N–H and O–H groups in total. The van der Waals surface area contributed by atoms with Crippen molar-refractivity contribution in [1.29, 1.82) is 0 Å². The molecule has 2 aliphatic rings. The lowest BCUT2D eigenvalue weighted by Gasteiger charge is -2.32. The summed E-state index contributed by atoms with van der Waals surface area (Å²) in [5.41, 5.74) is 0.637. The number of piperidine rings is 1. The molecule has 19 heavy (non-hydrogen) atoms. The van der Waals surface area contributed by atoms with Crippen molar-refractivity contribution >= 4 is 11.6 Å². The predicted octanol–water partition coefficient (Wildman–Crippen LogP) is 1.55. The quantitative estimate of drug-likeness (QED) is 0.881. The third kappa shape index (κ3) is 2.08. The highest BCUT2D eigenvalue weighted by atomic mass is 19.1. The van der Waals surface area contributed by atoms with E-state index in [0.717, 1.165) is 19.5 Å². The fourth-order valence-corrected chi connectivity index (χ4v) is 3.11. The molecule has 1 amide bonds. The molecule has 0 aromatic heterocycles. The van der Waals surface area contributed by atoms with Gasteiger partial charge in [-0.15, -0.1) is 0 Å². The molecule has 0 spiro atoms. The number of nitrogens with zero attached hydrogens (tertiary/aromatic N) is 1. The number of carbonyl (C=O) groups excluding carboxylic acids is 1. The number of fused-ring (bicyclic) bond motifs is 1. The van der Waals surface area contributed by atoms with E-state index in [1.165, 1.54) is 13.2 Å². The summed E-state index contributed by atoms with van der Waals surface area (Å²) in [5, 5.41) is 3.31. The third-order valence-electron chi connectivity index (χ3n) is 4.02. The number of carbonyl (C=O) groups is 1. The van der Waals surface area contributed by atoms with Crippen molar-refractivity contribution in [3.63, 3.8) is 0 Å². The zero-order chi connectivity index (χ0) is 13.4. The van der Waals surface area contributed by atoms with Crippen LogP contribution < -0.4 is 15.0 Å². The van der Waals surface area contributed by atoms with Gasteiger partial charge < -0.3 is 15.0 Å². The minimum Gasteiger partial charge on any atom is -0.494 e. The van der Waals surface area contributed by atoms with Crippen LogP contribution in [0.4, 0.5) is 10.1 Å². The highest BCUT2D eigenvalue weighted by Crippen LogP contribution is 2.35. The van der Waals surface area contributed by atoms with Crippen LogP contribution in [-0.4, -0.2) is 32.1 Å². The number of amides is 1. The first-order chi connectivity index (χ1) is 9.20. The van der Waals surface area contributed by atoms with Crippen LogP contribution in [0.1, 0.15) is 12.8 Å². The molecule has 2 saturated heterocycles. The number of rotatable bonds is 2. The Kier molecular flexibility index (Phi) is 3.14. The summed E-state index contributed by atoms with van der Waals surface area (Å²) >= 11 is 0. The molecule has 2 unspecified atom stereocenters. The van der Waals surface area contributed by atoms with Crippen LogP contribution >= 0.6 is 0 Å². The Labute approximate surface area is 111 Å².